The van der Waals surface area contributed by atoms with Crippen LogP contribution in [-0.4, -0.2) is 40.7 Å². The van der Waals surface area contributed by atoms with Gasteiger partial charge in [-0.2, -0.15) is 8.42 Å². The third kappa shape index (κ3) is 8.10. The Hall–Kier alpha value is 0.105. The standard InChI is InChI=1S/C2H5B3O3S/c3-5-4-1-2-9(6,7)8/h1-2H2,(H,6,7,8). The molecule has 9 heavy (non-hydrogen) atoms. The molecule has 0 rings (SSSR count). The molecule has 0 aliphatic carbocycles. The predicted octanol–water partition coefficient (Wildman–Crippen LogP) is -1.30. The Morgan fingerprint density at radius 1 is 1.56 bits per heavy atom. The van der Waals surface area contributed by atoms with Gasteiger partial charge in [-0.3, -0.25) is 4.55 Å². The summed E-state index contributed by atoms with van der Waals surface area (Å²) in [5.74, 6) is -0.263. The molecule has 0 heterocycles. The lowest BCUT2D eigenvalue weighted by Gasteiger charge is -1.91. The van der Waals surface area contributed by atoms with E-state index in [0.29, 0.717) is 0 Å². The summed E-state index contributed by atoms with van der Waals surface area (Å²) in [5.41, 5.74) is 0. The molecular weight excluding hydrogens is 137 g/mol. The van der Waals surface area contributed by atoms with E-state index in [-0.39, 0.29) is 12.1 Å². The van der Waals surface area contributed by atoms with E-state index in [4.69, 9.17) is 12.3 Å². The molecule has 0 fully saturated rings. The fourth-order valence-electron chi connectivity index (χ4n) is 0.313. The summed E-state index contributed by atoms with van der Waals surface area (Å²) in [6, 6.07) is 0. The lowest BCUT2D eigenvalue weighted by Crippen LogP contribution is -2.10. The first kappa shape index (κ1) is 9.10. The molecular formula is C2H5B3O3S. The van der Waals surface area contributed by atoms with Gasteiger partial charge in [0.25, 0.3) is 10.1 Å². The van der Waals surface area contributed by atoms with Gasteiger partial charge in [0.15, 0.2) is 0 Å². The van der Waals surface area contributed by atoms with E-state index in [1.807, 2.05) is 0 Å². The molecule has 0 saturated carbocycles. The molecule has 0 aliphatic heterocycles. The van der Waals surface area contributed by atoms with Crippen LogP contribution in [0.5, 0.6) is 0 Å². The van der Waals surface area contributed by atoms with Crippen molar-refractivity contribution in [3.8, 4) is 0 Å². The second-order valence-electron chi connectivity index (χ2n) is 1.50. The molecule has 0 saturated heterocycles. The third-order valence-corrected chi connectivity index (χ3v) is 1.43. The van der Waals surface area contributed by atoms with Gasteiger partial charge in [-0.15, -0.1) is 0 Å². The van der Waals surface area contributed by atoms with Crippen molar-refractivity contribution >= 4 is 32.1 Å². The molecule has 0 aromatic rings. The number of hydrogen-bond acceptors (Lipinski definition) is 2. The maximum atomic E-state index is 9.99. The van der Waals surface area contributed by atoms with Gasteiger partial charge in [0.1, 0.15) is 0 Å². The Morgan fingerprint density at radius 2 is 2.11 bits per heavy atom. The van der Waals surface area contributed by atoms with Gasteiger partial charge in [0.2, 0.25) is 0 Å². The van der Waals surface area contributed by atoms with Crippen molar-refractivity contribution in [2.24, 2.45) is 0 Å². The topological polar surface area (TPSA) is 54.4 Å². The minimum atomic E-state index is -3.80. The molecule has 0 amide bonds. The first-order valence-corrected chi connectivity index (χ1v) is 3.99. The van der Waals surface area contributed by atoms with E-state index < -0.39 is 10.1 Å². The van der Waals surface area contributed by atoms with Crippen LogP contribution in [0.2, 0.25) is 6.32 Å². The fourth-order valence-corrected chi connectivity index (χ4v) is 0.747. The summed E-state index contributed by atoms with van der Waals surface area (Å²) < 4.78 is 28.1. The second kappa shape index (κ2) is 4.01. The zero-order valence-electron chi connectivity index (χ0n) is 4.82. The molecule has 0 bridgehead atoms. The normalized spacial score (nSPS) is 10.8. The molecule has 0 atom stereocenters. The van der Waals surface area contributed by atoms with Gasteiger partial charge in [-0.25, -0.2) is 0 Å². The Labute approximate surface area is 57.8 Å². The van der Waals surface area contributed by atoms with Crippen LogP contribution >= 0.6 is 0 Å². The minimum Gasteiger partial charge on any atom is -0.286 e. The van der Waals surface area contributed by atoms with E-state index in [0.717, 1.165) is 0 Å². The van der Waals surface area contributed by atoms with E-state index in [1.165, 1.54) is 14.2 Å². The Bertz CT molecular complexity index is 152. The summed E-state index contributed by atoms with van der Waals surface area (Å²) in [5, 5.41) is 0. The van der Waals surface area contributed by atoms with E-state index in [9.17, 15) is 8.42 Å². The molecule has 1 N–H and O–H groups in total. The Morgan fingerprint density at radius 3 is 2.44 bits per heavy atom. The SMILES string of the molecule is [B][B][B]CCS(=O)(=O)O. The van der Waals surface area contributed by atoms with Gasteiger partial charge in [-0.1, -0.05) is 6.32 Å². The van der Waals surface area contributed by atoms with Crippen molar-refractivity contribution in [2.75, 3.05) is 5.75 Å². The highest BCUT2D eigenvalue weighted by Crippen LogP contribution is 1.85. The average Bonchev–Trinajstić information content (AvgIpc) is 1.63. The third-order valence-electron chi connectivity index (χ3n) is 0.679. The van der Waals surface area contributed by atoms with Crippen molar-refractivity contribution < 1.29 is 13.0 Å². The van der Waals surface area contributed by atoms with Crippen LogP contribution in [0.4, 0.5) is 0 Å². The molecule has 0 aromatic heterocycles. The summed E-state index contributed by atoms with van der Waals surface area (Å²) in [6.45, 7) is 0. The van der Waals surface area contributed by atoms with Crippen LogP contribution in [0.25, 0.3) is 0 Å². The average molecular weight is 142 g/mol. The van der Waals surface area contributed by atoms with Crippen LogP contribution < -0.4 is 0 Å². The molecule has 0 unspecified atom stereocenters. The summed E-state index contributed by atoms with van der Waals surface area (Å²) in [7, 11) is 3.80. The molecule has 0 aliphatic rings. The predicted molar refractivity (Wildman–Crippen MR) is 38.5 cm³/mol. The lowest BCUT2D eigenvalue weighted by molar-refractivity contribution is 0.485. The second-order valence-corrected chi connectivity index (χ2v) is 3.07. The largest absolute Gasteiger partial charge is 0.286 e. The Balaban J connectivity index is 3.30. The smallest absolute Gasteiger partial charge is 0.264 e. The van der Waals surface area contributed by atoms with Gasteiger partial charge < -0.3 is 0 Å². The summed E-state index contributed by atoms with van der Waals surface area (Å²) in [6.07, 6.45) is 0.259. The highest BCUT2D eigenvalue weighted by atomic mass is 32.2. The van der Waals surface area contributed by atoms with Gasteiger partial charge in [0.05, 0.1) is 12.9 Å². The molecule has 3 nitrogen and oxygen atoms in total. The maximum absolute atomic E-state index is 9.99. The van der Waals surface area contributed by atoms with Crippen molar-refractivity contribution in [3.05, 3.63) is 0 Å². The van der Waals surface area contributed by atoms with Crippen LogP contribution in [0.3, 0.4) is 0 Å². The van der Waals surface area contributed by atoms with Crippen molar-refractivity contribution in [3.63, 3.8) is 0 Å². The monoisotopic (exact) mass is 142 g/mol. The zero-order chi connectivity index (χ0) is 7.33. The van der Waals surface area contributed by atoms with Gasteiger partial charge in [-0.05, 0) is 0 Å². The Kier molecular flexibility index (Phi) is 4.05. The van der Waals surface area contributed by atoms with Crippen LogP contribution in [0.1, 0.15) is 0 Å². The zero-order valence-corrected chi connectivity index (χ0v) is 5.63. The number of rotatable bonds is 4. The fraction of sp³-hybridized carbons (Fsp3) is 1.00. The van der Waals surface area contributed by atoms with E-state index in [1.54, 1.807) is 0 Å². The van der Waals surface area contributed by atoms with E-state index in [2.05, 4.69) is 0 Å². The van der Waals surface area contributed by atoms with Crippen LogP contribution in [0.15, 0.2) is 0 Å². The molecule has 7 heteroatoms. The lowest BCUT2D eigenvalue weighted by atomic mass is 9.27. The highest BCUT2D eigenvalue weighted by molar-refractivity contribution is 7.85. The highest BCUT2D eigenvalue weighted by Gasteiger charge is 2.01. The van der Waals surface area contributed by atoms with E-state index >= 15 is 0 Å². The van der Waals surface area contributed by atoms with Crippen molar-refractivity contribution in [1.29, 1.82) is 0 Å². The number of hydrogen-bond donors (Lipinski definition) is 1. The van der Waals surface area contributed by atoms with Gasteiger partial charge in [0, 0.05) is 14.8 Å². The van der Waals surface area contributed by atoms with Crippen molar-refractivity contribution in [2.45, 2.75) is 6.32 Å². The molecule has 46 valence electrons. The first-order valence-electron chi connectivity index (χ1n) is 2.38. The summed E-state index contributed by atoms with van der Waals surface area (Å²) in [4.78, 5) is 0. The van der Waals surface area contributed by atoms with Crippen LogP contribution in [0, 0.1) is 0 Å². The summed E-state index contributed by atoms with van der Waals surface area (Å²) >= 11 is 0. The minimum absolute atomic E-state index is 0.259. The first-order chi connectivity index (χ1) is 4.06. The molecule has 0 aromatic carbocycles. The van der Waals surface area contributed by atoms with Crippen molar-refractivity contribution in [1.82, 2.24) is 0 Å². The molecule has 4 radical (unpaired) electrons. The molecule has 0 spiro atoms. The van der Waals surface area contributed by atoms with Crippen LogP contribution in [-0.2, 0) is 10.1 Å². The quantitative estimate of drug-likeness (QED) is 0.301. The maximum Gasteiger partial charge on any atom is 0.264 e. The van der Waals surface area contributed by atoms with Gasteiger partial charge >= 0.3 is 0 Å².